The Kier molecular flexibility index (Phi) is 3.31. The standard InChI is InChI=1S/C11H11ClN4/c1-8(9-4-2-3-5-13-9)16-11-10(12)14-6-7-15-11/h2-8H,1H3,(H,15,16). The van der Waals surface area contributed by atoms with E-state index in [-0.39, 0.29) is 6.04 Å². The van der Waals surface area contributed by atoms with Gasteiger partial charge in [-0.05, 0) is 19.1 Å². The highest BCUT2D eigenvalue weighted by atomic mass is 35.5. The van der Waals surface area contributed by atoms with Gasteiger partial charge in [0.25, 0.3) is 0 Å². The molecule has 0 spiro atoms. The van der Waals surface area contributed by atoms with Crippen LogP contribution in [0.5, 0.6) is 0 Å². The highest BCUT2D eigenvalue weighted by Gasteiger charge is 2.09. The first-order valence-electron chi connectivity index (χ1n) is 4.91. The smallest absolute Gasteiger partial charge is 0.171 e. The van der Waals surface area contributed by atoms with E-state index in [0.29, 0.717) is 11.0 Å². The van der Waals surface area contributed by atoms with Crippen molar-refractivity contribution in [2.75, 3.05) is 5.32 Å². The van der Waals surface area contributed by atoms with Crippen molar-refractivity contribution in [3.05, 3.63) is 47.6 Å². The van der Waals surface area contributed by atoms with Crippen LogP contribution in [0.15, 0.2) is 36.8 Å². The van der Waals surface area contributed by atoms with Crippen molar-refractivity contribution >= 4 is 17.4 Å². The van der Waals surface area contributed by atoms with E-state index in [4.69, 9.17) is 11.6 Å². The fourth-order valence-electron chi connectivity index (χ4n) is 1.33. The Hall–Kier alpha value is -1.68. The molecule has 0 aliphatic carbocycles. The van der Waals surface area contributed by atoms with Gasteiger partial charge in [-0.1, -0.05) is 17.7 Å². The van der Waals surface area contributed by atoms with E-state index in [0.717, 1.165) is 5.69 Å². The molecule has 0 aromatic carbocycles. The summed E-state index contributed by atoms with van der Waals surface area (Å²) < 4.78 is 0. The van der Waals surface area contributed by atoms with Gasteiger partial charge in [0, 0.05) is 18.6 Å². The van der Waals surface area contributed by atoms with Crippen LogP contribution in [0.25, 0.3) is 0 Å². The summed E-state index contributed by atoms with van der Waals surface area (Å²) in [5, 5.41) is 3.52. The number of halogens is 1. The van der Waals surface area contributed by atoms with E-state index >= 15 is 0 Å². The Morgan fingerprint density at radius 3 is 2.62 bits per heavy atom. The first-order valence-corrected chi connectivity index (χ1v) is 5.29. The molecule has 0 aliphatic rings. The molecule has 1 atom stereocenters. The Labute approximate surface area is 98.7 Å². The molecule has 2 heterocycles. The molecule has 2 aromatic heterocycles. The van der Waals surface area contributed by atoms with Gasteiger partial charge in [-0.25, -0.2) is 9.97 Å². The van der Waals surface area contributed by atoms with Gasteiger partial charge >= 0.3 is 0 Å². The highest BCUT2D eigenvalue weighted by Crippen LogP contribution is 2.20. The molecule has 5 heteroatoms. The van der Waals surface area contributed by atoms with E-state index < -0.39 is 0 Å². The maximum absolute atomic E-state index is 5.90. The fraction of sp³-hybridized carbons (Fsp3) is 0.182. The number of hydrogen-bond acceptors (Lipinski definition) is 4. The zero-order valence-corrected chi connectivity index (χ0v) is 9.52. The van der Waals surface area contributed by atoms with Gasteiger partial charge in [-0.3, -0.25) is 4.98 Å². The summed E-state index contributed by atoms with van der Waals surface area (Å²) in [6, 6.07) is 5.81. The lowest BCUT2D eigenvalue weighted by Crippen LogP contribution is -2.09. The van der Waals surface area contributed by atoms with Crippen molar-refractivity contribution in [2.24, 2.45) is 0 Å². The van der Waals surface area contributed by atoms with Gasteiger partial charge in [0.05, 0.1) is 11.7 Å². The molecular weight excluding hydrogens is 224 g/mol. The first kappa shape index (κ1) is 10.8. The summed E-state index contributed by atoms with van der Waals surface area (Å²) in [6.07, 6.45) is 4.91. The average Bonchev–Trinajstić information content (AvgIpc) is 2.33. The van der Waals surface area contributed by atoms with Crippen LogP contribution in [-0.4, -0.2) is 15.0 Å². The number of nitrogens with one attached hydrogen (secondary N) is 1. The summed E-state index contributed by atoms with van der Waals surface area (Å²) in [4.78, 5) is 12.3. The minimum Gasteiger partial charge on any atom is -0.359 e. The van der Waals surface area contributed by atoms with E-state index in [9.17, 15) is 0 Å². The van der Waals surface area contributed by atoms with Crippen LogP contribution in [0.1, 0.15) is 18.7 Å². The van der Waals surface area contributed by atoms with E-state index in [2.05, 4.69) is 20.3 Å². The van der Waals surface area contributed by atoms with Crippen LogP contribution in [0.3, 0.4) is 0 Å². The van der Waals surface area contributed by atoms with Gasteiger partial charge < -0.3 is 5.32 Å². The molecule has 1 unspecified atom stereocenters. The molecule has 4 nitrogen and oxygen atoms in total. The van der Waals surface area contributed by atoms with E-state index in [1.165, 1.54) is 0 Å². The topological polar surface area (TPSA) is 50.7 Å². The Bertz CT molecular complexity index is 461. The number of rotatable bonds is 3. The van der Waals surface area contributed by atoms with Crippen LogP contribution >= 0.6 is 11.6 Å². The fourth-order valence-corrected chi connectivity index (χ4v) is 1.49. The summed E-state index contributed by atoms with van der Waals surface area (Å²) in [7, 11) is 0. The summed E-state index contributed by atoms with van der Waals surface area (Å²) in [5.41, 5.74) is 0.934. The molecule has 16 heavy (non-hydrogen) atoms. The van der Waals surface area contributed by atoms with E-state index in [1.807, 2.05) is 25.1 Å². The third-order valence-corrected chi connectivity index (χ3v) is 2.41. The summed E-state index contributed by atoms with van der Waals surface area (Å²) >= 11 is 5.90. The van der Waals surface area contributed by atoms with Crippen LogP contribution < -0.4 is 5.32 Å². The lowest BCUT2D eigenvalue weighted by molar-refractivity contribution is 0.830. The quantitative estimate of drug-likeness (QED) is 0.887. The van der Waals surface area contributed by atoms with Crippen LogP contribution in [0.4, 0.5) is 5.82 Å². The average molecular weight is 235 g/mol. The Morgan fingerprint density at radius 2 is 1.94 bits per heavy atom. The molecule has 0 fully saturated rings. The SMILES string of the molecule is CC(Nc1nccnc1Cl)c1ccccn1. The molecule has 0 aliphatic heterocycles. The Balaban J connectivity index is 2.14. The minimum atomic E-state index is 0.0374. The molecule has 0 saturated carbocycles. The number of hydrogen-bond donors (Lipinski definition) is 1. The molecule has 2 aromatic rings. The molecule has 82 valence electrons. The number of anilines is 1. The molecule has 0 radical (unpaired) electrons. The number of pyridine rings is 1. The summed E-state index contributed by atoms with van der Waals surface area (Å²) in [5.74, 6) is 0.572. The van der Waals surface area contributed by atoms with Crippen molar-refractivity contribution in [3.8, 4) is 0 Å². The third kappa shape index (κ3) is 2.46. The maximum atomic E-state index is 5.90. The molecule has 0 saturated heterocycles. The van der Waals surface area contributed by atoms with E-state index in [1.54, 1.807) is 18.6 Å². The van der Waals surface area contributed by atoms with Gasteiger partial charge in [-0.15, -0.1) is 0 Å². The van der Waals surface area contributed by atoms with Crippen molar-refractivity contribution in [1.29, 1.82) is 0 Å². The molecular formula is C11H11ClN4. The zero-order valence-electron chi connectivity index (χ0n) is 8.76. The van der Waals surface area contributed by atoms with Crippen molar-refractivity contribution < 1.29 is 0 Å². The minimum absolute atomic E-state index is 0.0374. The lowest BCUT2D eigenvalue weighted by Gasteiger charge is -2.13. The van der Waals surface area contributed by atoms with Crippen LogP contribution in [0.2, 0.25) is 5.15 Å². The second-order valence-corrected chi connectivity index (χ2v) is 3.67. The van der Waals surface area contributed by atoms with Crippen LogP contribution in [0, 0.1) is 0 Å². The number of aromatic nitrogens is 3. The largest absolute Gasteiger partial charge is 0.359 e. The van der Waals surface area contributed by atoms with Gasteiger partial charge in [0.1, 0.15) is 0 Å². The van der Waals surface area contributed by atoms with Crippen molar-refractivity contribution in [1.82, 2.24) is 15.0 Å². The highest BCUT2D eigenvalue weighted by molar-refractivity contribution is 6.31. The van der Waals surface area contributed by atoms with Crippen LogP contribution in [-0.2, 0) is 0 Å². The molecule has 2 rings (SSSR count). The monoisotopic (exact) mass is 234 g/mol. The molecule has 0 bridgehead atoms. The zero-order chi connectivity index (χ0) is 11.4. The van der Waals surface area contributed by atoms with Gasteiger partial charge in [0.2, 0.25) is 0 Å². The predicted molar refractivity (Wildman–Crippen MR) is 63.3 cm³/mol. The second-order valence-electron chi connectivity index (χ2n) is 3.32. The van der Waals surface area contributed by atoms with Crippen molar-refractivity contribution in [2.45, 2.75) is 13.0 Å². The second kappa shape index (κ2) is 4.90. The number of nitrogens with zero attached hydrogens (tertiary/aromatic N) is 3. The van der Waals surface area contributed by atoms with Gasteiger partial charge in [0.15, 0.2) is 11.0 Å². The molecule has 0 amide bonds. The predicted octanol–water partition coefficient (Wildman–Crippen LogP) is 2.70. The maximum Gasteiger partial charge on any atom is 0.171 e. The third-order valence-electron chi connectivity index (χ3n) is 2.14. The summed E-state index contributed by atoms with van der Waals surface area (Å²) in [6.45, 7) is 1.99. The van der Waals surface area contributed by atoms with Gasteiger partial charge in [-0.2, -0.15) is 0 Å². The normalized spacial score (nSPS) is 12.1. The van der Waals surface area contributed by atoms with Crippen molar-refractivity contribution in [3.63, 3.8) is 0 Å². The Morgan fingerprint density at radius 1 is 1.12 bits per heavy atom. The molecule has 1 N–H and O–H groups in total. The lowest BCUT2D eigenvalue weighted by atomic mass is 10.2. The first-order chi connectivity index (χ1) is 7.77.